The van der Waals surface area contributed by atoms with Crippen LogP contribution in [0.5, 0.6) is 0 Å². The zero-order valence-electron chi connectivity index (χ0n) is 7.13. The summed E-state index contributed by atoms with van der Waals surface area (Å²) in [6.45, 7) is 5.54. The fourth-order valence-corrected chi connectivity index (χ4v) is 1.27. The molecule has 0 aromatic heterocycles. The Morgan fingerprint density at radius 1 is 1.73 bits per heavy atom. The van der Waals surface area contributed by atoms with Crippen LogP contribution in [0.2, 0.25) is 0 Å². The highest BCUT2D eigenvalue weighted by Crippen LogP contribution is 2.37. The van der Waals surface area contributed by atoms with Gasteiger partial charge in [0.2, 0.25) is 0 Å². The second-order valence-electron chi connectivity index (χ2n) is 3.46. The average Bonchev–Trinajstić information content (AvgIpc) is 2.18. The molecule has 0 spiro atoms. The van der Waals surface area contributed by atoms with Gasteiger partial charge >= 0.3 is 0 Å². The van der Waals surface area contributed by atoms with Gasteiger partial charge in [-0.2, -0.15) is 0 Å². The quantitative estimate of drug-likeness (QED) is 0.606. The minimum absolute atomic E-state index is 0.0848. The summed E-state index contributed by atoms with van der Waals surface area (Å²) in [4.78, 5) is 11.1. The minimum Gasteiger partial charge on any atom is -0.368 e. The third-order valence-corrected chi connectivity index (χ3v) is 2.79. The van der Waals surface area contributed by atoms with E-state index in [1.807, 2.05) is 13.8 Å². The van der Waals surface area contributed by atoms with Gasteiger partial charge in [0.1, 0.15) is 5.78 Å². The van der Waals surface area contributed by atoms with Crippen LogP contribution in [0.25, 0.3) is 0 Å². The van der Waals surface area contributed by atoms with E-state index in [0.29, 0.717) is 6.61 Å². The van der Waals surface area contributed by atoms with Gasteiger partial charge in [0.25, 0.3) is 0 Å². The predicted molar refractivity (Wildman–Crippen MR) is 39.9 cm³/mol. The van der Waals surface area contributed by atoms with Gasteiger partial charge in [-0.25, -0.2) is 0 Å². The van der Waals surface area contributed by atoms with Crippen LogP contribution in [-0.4, -0.2) is 23.8 Å². The van der Waals surface area contributed by atoms with E-state index in [1.54, 1.807) is 0 Å². The van der Waals surface area contributed by atoms with Crippen LogP contribution >= 0.6 is 0 Å². The van der Waals surface area contributed by atoms with Crippen molar-refractivity contribution in [3.8, 4) is 0 Å². The first-order valence-electron chi connectivity index (χ1n) is 3.79. The molecule has 3 nitrogen and oxygen atoms in total. The third-order valence-electron chi connectivity index (χ3n) is 2.79. The van der Waals surface area contributed by atoms with Gasteiger partial charge in [-0.1, -0.05) is 6.92 Å². The zero-order chi connectivity index (χ0) is 8.65. The lowest BCUT2D eigenvalue weighted by molar-refractivity contribution is -0.127. The van der Waals surface area contributed by atoms with Crippen LogP contribution in [0.4, 0.5) is 0 Å². The molecule has 1 fully saturated rings. The fourth-order valence-electron chi connectivity index (χ4n) is 1.27. The number of aliphatic hydroxyl groups excluding tert-OH is 1. The number of ketones is 1. The summed E-state index contributed by atoms with van der Waals surface area (Å²) in [6, 6.07) is 0. The molecular weight excluding hydrogens is 144 g/mol. The lowest BCUT2D eigenvalue weighted by atomic mass is 9.77. The topological polar surface area (TPSA) is 46.5 Å². The van der Waals surface area contributed by atoms with Crippen LogP contribution in [0, 0.1) is 11.3 Å². The van der Waals surface area contributed by atoms with Gasteiger partial charge in [-0.05, 0) is 13.8 Å². The largest absolute Gasteiger partial charge is 0.368 e. The van der Waals surface area contributed by atoms with Crippen molar-refractivity contribution in [2.24, 2.45) is 11.3 Å². The monoisotopic (exact) mass is 158 g/mol. The smallest absolute Gasteiger partial charge is 0.158 e. The maximum absolute atomic E-state index is 11.1. The summed E-state index contributed by atoms with van der Waals surface area (Å²) < 4.78 is 4.98. The predicted octanol–water partition coefficient (Wildman–Crippen LogP) is 0.566. The van der Waals surface area contributed by atoms with Crippen molar-refractivity contribution in [2.75, 3.05) is 6.61 Å². The highest BCUT2D eigenvalue weighted by atomic mass is 16.6. The highest BCUT2D eigenvalue weighted by Gasteiger charge is 2.46. The number of hydrogen-bond acceptors (Lipinski definition) is 3. The van der Waals surface area contributed by atoms with Gasteiger partial charge < -0.3 is 9.84 Å². The van der Waals surface area contributed by atoms with Gasteiger partial charge in [0.15, 0.2) is 6.29 Å². The van der Waals surface area contributed by atoms with E-state index in [2.05, 4.69) is 0 Å². The summed E-state index contributed by atoms with van der Waals surface area (Å²) in [6.07, 6.45) is -0.774. The molecule has 1 saturated heterocycles. The van der Waals surface area contributed by atoms with E-state index in [4.69, 9.17) is 4.74 Å². The summed E-state index contributed by atoms with van der Waals surface area (Å²) in [5, 5.41) is 9.21. The summed E-state index contributed by atoms with van der Waals surface area (Å²) >= 11 is 0. The van der Waals surface area contributed by atoms with E-state index in [1.165, 1.54) is 6.92 Å². The average molecular weight is 158 g/mol. The first-order chi connectivity index (χ1) is 4.98. The first-order valence-corrected chi connectivity index (χ1v) is 3.79. The Hall–Kier alpha value is -0.410. The molecule has 0 unspecified atom stereocenters. The standard InChI is InChI=1S/C8H14O3/c1-5-7(10)11-4-8(5,3)6(2)9/h5,7,10H,4H2,1-3H3/t5-,7-,8-/m0/s1. The Balaban J connectivity index is 2.81. The van der Waals surface area contributed by atoms with Crippen molar-refractivity contribution in [3.05, 3.63) is 0 Å². The van der Waals surface area contributed by atoms with Crippen molar-refractivity contribution in [1.82, 2.24) is 0 Å². The van der Waals surface area contributed by atoms with E-state index in [0.717, 1.165) is 0 Å². The van der Waals surface area contributed by atoms with Gasteiger partial charge in [0, 0.05) is 5.92 Å². The van der Waals surface area contributed by atoms with Gasteiger partial charge in [-0.15, -0.1) is 0 Å². The van der Waals surface area contributed by atoms with Gasteiger partial charge in [-0.3, -0.25) is 4.79 Å². The number of carbonyl (C=O) groups is 1. The van der Waals surface area contributed by atoms with Crippen molar-refractivity contribution in [3.63, 3.8) is 0 Å². The van der Waals surface area contributed by atoms with Crippen molar-refractivity contribution in [1.29, 1.82) is 0 Å². The fraction of sp³-hybridized carbons (Fsp3) is 0.875. The second-order valence-corrected chi connectivity index (χ2v) is 3.46. The molecule has 64 valence electrons. The Labute approximate surface area is 66.4 Å². The van der Waals surface area contributed by atoms with Crippen molar-refractivity contribution in [2.45, 2.75) is 27.1 Å². The third kappa shape index (κ3) is 1.19. The Kier molecular flexibility index (Phi) is 2.03. The lowest BCUT2D eigenvalue weighted by Crippen LogP contribution is -2.33. The van der Waals surface area contributed by atoms with E-state index < -0.39 is 11.7 Å². The summed E-state index contributed by atoms with van der Waals surface area (Å²) in [7, 11) is 0. The molecule has 0 aliphatic carbocycles. The zero-order valence-corrected chi connectivity index (χ0v) is 7.13. The number of carbonyl (C=O) groups excluding carboxylic acids is 1. The van der Waals surface area contributed by atoms with E-state index in [-0.39, 0.29) is 11.7 Å². The minimum atomic E-state index is -0.774. The molecule has 0 bridgehead atoms. The Morgan fingerprint density at radius 3 is 2.45 bits per heavy atom. The molecule has 0 radical (unpaired) electrons. The van der Waals surface area contributed by atoms with Crippen molar-refractivity contribution >= 4 is 5.78 Å². The highest BCUT2D eigenvalue weighted by molar-refractivity contribution is 5.82. The second kappa shape index (κ2) is 2.57. The van der Waals surface area contributed by atoms with Crippen LogP contribution in [-0.2, 0) is 9.53 Å². The molecule has 3 atom stereocenters. The summed E-state index contributed by atoms with van der Waals surface area (Å²) in [5.74, 6) is -0.0125. The maximum atomic E-state index is 11.1. The molecule has 1 N–H and O–H groups in total. The molecule has 3 heteroatoms. The van der Waals surface area contributed by atoms with Crippen LogP contribution in [0.1, 0.15) is 20.8 Å². The summed E-state index contributed by atoms with van der Waals surface area (Å²) in [5.41, 5.74) is -0.487. The number of aliphatic hydroxyl groups is 1. The molecule has 0 saturated carbocycles. The molecule has 0 aromatic rings. The first kappa shape index (κ1) is 8.68. The maximum Gasteiger partial charge on any atom is 0.158 e. The van der Waals surface area contributed by atoms with Crippen LogP contribution < -0.4 is 0 Å². The van der Waals surface area contributed by atoms with E-state index >= 15 is 0 Å². The molecule has 1 aliphatic rings. The Bertz CT molecular complexity index is 178. The molecule has 11 heavy (non-hydrogen) atoms. The SMILES string of the molecule is CC(=O)[C@@]1(C)CO[C@H](O)[C@@H]1C. The molecule has 1 aliphatic heterocycles. The normalized spacial score (nSPS) is 44.4. The van der Waals surface area contributed by atoms with Gasteiger partial charge in [0.05, 0.1) is 12.0 Å². The molecular formula is C8H14O3. The van der Waals surface area contributed by atoms with Crippen LogP contribution in [0.3, 0.4) is 0 Å². The number of hydrogen-bond donors (Lipinski definition) is 1. The number of ether oxygens (including phenoxy) is 1. The molecule has 0 amide bonds. The number of rotatable bonds is 1. The molecule has 1 heterocycles. The molecule has 0 aromatic carbocycles. The lowest BCUT2D eigenvalue weighted by Gasteiger charge is -2.23. The number of Topliss-reactive ketones (excluding diaryl/α,β-unsaturated/α-hetero) is 1. The molecule has 1 rings (SSSR count). The van der Waals surface area contributed by atoms with Crippen molar-refractivity contribution < 1.29 is 14.6 Å². The van der Waals surface area contributed by atoms with Crippen LogP contribution in [0.15, 0.2) is 0 Å². The van der Waals surface area contributed by atoms with E-state index in [9.17, 15) is 9.90 Å². The Morgan fingerprint density at radius 2 is 2.27 bits per heavy atom.